The molecule has 1 aromatic rings. The predicted octanol–water partition coefficient (Wildman–Crippen LogP) is 2.82. The summed E-state index contributed by atoms with van der Waals surface area (Å²) in [6, 6.07) is 7.37. The lowest BCUT2D eigenvalue weighted by Crippen LogP contribution is -2.47. The van der Waals surface area contributed by atoms with Crippen molar-refractivity contribution in [1.29, 1.82) is 0 Å². The first kappa shape index (κ1) is 17.6. The van der Waals surface area contributed by atoms with E-state index < -0.39 is 0 Å². The number of hydrogen-bond acceptors (Lipinski definition) is 3. The van der Waals surface area contributed by atoms with Crippen molar-refractivity contribution in [3.8, 4) is 5.75 Å². The van der Waals surface area contributed by atoms with Crippen molar-refractivity contribution >= 4 is 17.6 Å². The Bertz CT molecular complexity index is 612. The first-order valence-corrected chi connectivity index (χ1v) is 9.17. The molecule has 1 aromatic carbocycles. The van der Waals surface area contributed by atoms with E-state index in [2.05, 4.69) is 10.6 Å². The largest absolute Gasteiger partial charge is 0.497 e. The maximum atomic E-state index is 12.3. The maximum Gasteiger partial charge on any atom is 0.315 e. The molecular weight excluding hydrogens is 318 g/mol. The monoisotopic (exact) mass is 345 g/mol. The zero-order chi connectivity index (χ0) is 17.6. The lowest BCUT2D eigenvalue weighted by molar-refractivity contribution is -0.117. The van der Waals surface area contributed by atoms with E-state index in [1.165, 1.54) is 25.7 Å². The van der Waals surface area contributed by atoms with Gasteiger partial charge < -0.3 is 20.3 Å². The normalized spacial score (nSPS) is 21.7. The van der Waals surface area contributed by atoms with Crippen LogP contribution in [0.2, 0.25) is 0 Å². The Balaban J connectivity index is 1.54. The molecule has 0 aromatic heterocycles. The molecule has 1 aliphatic heterocycles. The van der Waals surface area contributed by atoms with Gasteiger partial charge in [-0.1, -0.05) is 31.7 Å². The topological polar surface area (TPSA) is 70.7 Å². The van der Waals surface area contributed by atoms with Gasteiger partial charge in [-0.2, -0.15) is 0 Å². The fourth-order valence-corrected chi connectivity index (χ4v) is 3.67. The minimum Gasteiger partial charge on any atom is -0.497 e. The van der Waals surface area contributed by atoms with Crippen LogP contribution in [0.15, 0.2) is 24.3 Å². The van der Waals surface area contributed by atoms with Gasteiger partial charge in [0.2, 0.25) is 5.91 Å². The number of benzene rings is 1. The highest BCUT2D eigenvalue weighted by Gasteiger charge is 2.32. The van der Waals surface area contributed by atoms with Crippen LogP contribution in [0.1, 0.15) is 44.9 Å². The molecule has 0 bridgehead atoms. The number of nitrogens with zero attached hydrogens (tertiary/aromatic N) is 1. The molecule has 3 rings (SSSR count). The maximum absolute atomic E-state index is 12.3. The van der Waals surface area contributed by atoms with Crippen LogP contribution in [0, 0.1) is 0 Å². The van der Waals surface area contributed by atoms with Gasteiger partial charge in [0, 0.05) is 30.8 Å². The third kappa shape index (κ3) is 4.65. The summed E-state index contributed by atoms with van der Waals surface area (Å²) in [7, 11) is 1.60. The van der Waals surface area contributed by atoms with Gasteiger partial charge in [0.05, 0.1) is 13.2 Å². The van der Waals surface area contributed by atoms with Gasteiger partial charge in [-0.3, -0.25) is 4.79 Å². The number of carbonyl (C=O) groups is 2. The van der Waals surface area contributed by atoms with Gasteiger partial charge >= 0.3 is 6.03 Å². The SMILES string of the molecule is COc1cccc(N2C[C@H](NC(=O)NC3CCCCCC3)CC2=O)c1. The molecule has 1 aliphatic carbocycles. The van der Waals surface area contributed by atoms with Crippen molar-refractivity contribution in [2.75, 3.05) is 18.6 Å². The fraction of sp³-hybridized carbons (Fsp3) is 0.579. The number of anilines is 1. The average molecular weight is 345 g/mol. The Morgan fingerprint density at radius 1 is 1.12 bits per heavy atom. The summed E-state index contributed by atoms with van der Waals surface area (Å²) < 4.78 is 5.22. The van der Waals surface area contributed by atoms with Crippen LogP contribution in [0.25, 0.3) is 0 Å². The summed E-state index contributed by atoms with van der Waals surface area (Å²) in [6.07, 6.45) is 7.29. The van der Waals surface area contributed by atoms with E-state index in [-0.39, 0.29) is 24.0 Å². The highest BCUT2D eigenvalue weighted by atomic mass is 16.5. The van der Waals surface area contributed by atoms with Gasteiger partial charge in [-0.25, -0.2) is 4.79 Å². The van der Waals surface area contributed by atoms with Crippen LogP contribution in [0.3, 0.4) is 0 Å². The van der Waals surface area contributed by atoms with Crippen molar-refractivity contribution < 1.29 is 14.3 Å². The van der Waals surface area contributed by atoms with Gasteiger partial charge in [0.1, 0.15) is 5.75 Å². The number of hydrogen-bond donors (Lipinski definition) is 2. The van der Waals surface area contributed by atoms with E-state index in [1.807, 2.05) is 24.3 Å². The zero-order valence-corrected chi connectivity index (χ0v) is 14.8. The minimum atomic E-state index is -0.163. The van der Waals surface area contributed by atoms with Crippen LogP contribution in [0.4, 0.5) is 10.5 Å². The van der Waals surface area contributed by atoms with E-state index in [1.54, 1.807) is 12.0 Å². The minimum absolute atomic E-state index is 0.0213. The van der Waals surface area contributed by atoms with Gasteiger partial charge in [-0.15, -0.1) is 0 Å². The fourth-order valence-electron chi connectivity index (χ4n) is 3.67. The average Bonchev–Trinajstić information content (AvgIpc) is 2.81. The zero-order valence-electron chi connectivity index (χ0n) is 14.8. The highest BCUT2D eigenvalue weighted by molar-refractivity contribution is 5.97. The Morgan fingerprint density at radius 2 is 1.84 bits per heavy atom. The molecule has 2 N–H and O–H groups in total. The first-order valence-electron chi connectivity index (χ1n) is 9.17. The molecule has 3 amide bonds. The number of ether oxygens (including phenoxy) is 1. The molecule has 6 heteroatoms. The van der Waals surface area contributed by atoms with E-state index in [9.17, 15) is 9.59 Å². The number of urea groups is 1. The van der Waals surface area contributed by atoms with Crippen LogP contribution >= 0.6 is 0 Å². The summed E-state index contributed by atoms with van der Waals surface area (Å²) in [5.41, 5.74) is 0.804. The summed E-state index contributed by atoms with van der Waals surface area (Å²) >= 11 is 0. The van der Waals surface area contributed by atoms with Crippen LogP contribution in [0.5, 0.6) is 5.75 Å². The molecule has 1 saturated heterocycles. The van der Waals surface area contributed by atoms with Crippen LogP contribution in [-0.4, -0.2) is 37.7 Å². The molecule has 1 saturated carbocycles. The number of nitrogens with one attached hydrogen (secondary N) is 2. The Kier molecular flexibility index (Phi) is 5.79. The van der Waals surface area contributed by atoms with Crippen molar-refractivity contribution in [3.63, 3.8) is 0 Å². The summed E-state index contributed by atoms with van der Waals surface area (Å²) in [4.78, 5) is 26.3. The van der Waals surface area contributed by atoms with E-state index in [0.29, 0.717) is 18.7 Å². The molecule has 0 spiro atoms. The lowest BCUT2D eigenvalue weighted by atomic mass is 10.1. The predicted molar refractivity (Wildman–Crippen MR) is 96.9 cm³/mol. The van der Waals surface area contributed by atoms with E-state index >= 15 is 0 Å². The number of rotatable bonds is 4. The molecule has 25 heavy (non-hydrogen) atoms. The molecule has 0 unspecified atom stereocenters. The Morgan fingerprint density at radius 3 is 2.56 bits per heavy atom. The first-order chi connectivity index (χ1) is 12.2. The molecule has 6 nitrogen and oxygen atoms in total. The third-order valence-corrected chi connectivity index (χ3v) is 5.02. The van der Waals surface area contributed by atoms with Gasteiger partial charge in [0.15, 0.2) is 0 Å². The number of amides is 3. The molecule has 136 valence electrons. The van der Waals surface area contributed by atoms with E-state index in [4.69, 9.17) is 4.74 Å². The van der Waals surface area contributed by atoms with Crippen LogP contribution in [-0.2, 0) is 4.79 Å². The number of methoxy groups -OCH3 is 1. The van der Waals surface area contributed by atoms with Crippen molar-refractivity contribution in [2.45, 2.75) is 57.0 Å². The van der Waals surface area contributed by atoms with Crippen molar-refractivity contribution in [3.05, 3.63) is 24.3 Å². The summed E-state index contributed by atoms with van der Waals surface area (Å²) in [5, 5.41) is 6.04. The molecule has 1 atom stereocenters. The summed E-state index contributed by atoms with van der Waals surface area (Å²) in [5.74, 6) is 0.737. The smallest absolute Gasteiger partial charge is 0.315 e. The van der Waals surface area contributed by atoms with Crippen LogP contribution < -0.4 is 20.3 Å². The van der Waals surface area contributed by atoms with Gasteiger partial charge in [-0.05, 0) is 25.0 Å². The second-order valence-electron chi connectivity index (χ2n) is 6.91. The van der Waals surface area contributed by atoms with Crippen molar-refractivity contribution in [2.24, 2.45) is 0 Å². The number of carbonyl (C=O) groups excluding carboxylic acids is 2. The molecule has 1 heterocycles. The highest BCUT2D eigenvalue weighted by Crippen LogP contribution is 2.25. The Labute approximate surface area is 148 Å². The lowest BCUT2D eigenvalue weighted by Gasteiger charge is -2.20. The standard InChI is InChI=1S/C19H27N3O3/c1-25-17-10-6-9-16(12-17)22-13-15(11-18(22)23)21-19(24)20-14-7-4-2-3-5-8-14/h6,9-10,12,14-15H,2-5,7-8,11,13H2,1H3,(H2,20,21,24)/t15-/m1/s1. The third-order valence-electron chi connectivity index (χ3n) is 5.02. The molecule has 0 radical (unpaired) electrons. The summed E-state index contributed by atoms with van der Waals surface area (Å²) in [6.45, 7) is 0.490. The quantitative estimate of drug-likeness (QED) is 0.825. The van der Waals surface area contributed by atoms with Gasteiger partial charge in [0.25, 0.3) is 0 Å². The van der Waals surface area contributed by atoms with E-state index in [0.717, 1.165) is 18.5 Å². The van der Waals surface area contributed by atoms with Crippen molar-refractivity contribution in [1.82, 2.24) is 10.6 Å². The second-order valence-corrected chi connectivity index (χ2v) is 6.91. The molecular formula is C19H27N3O3. The second kappa shape index (κ2) is 8.23. The molecule has 2 fully saturated rings. The molecule has 2 aliphatic rings. The Hall–Kier alpha value is -2.24.